The normalized spacial score (nSPS) is 30.2. The van der Waals surface area contributed by atoms with Crippen LogP contribution in [-0.2, 0) is 9.84 Å². The molecule has 4 heteroatoms. The van der Waals surface area contributed by atoms with Crippen molar-refractivity contribution < 1.29 is 8.42 Å². The van der Waals surface area contributed by atoms with Crippen LogP contribution < -0.4 is 0 Å². The fourth-order valence-electron chi connectivity index (χ4n) is 2.55. The molecule has 0 bridgehead atoms. The lowest BCUT2D eigenvalue weighted by atomic mass is 9.83. The van der Waals surface area contributed by atoms with Crippen LogP contribution in [0, 0.1) is 22.7 Å². The molecule has 0 radical (unpaired) electrons. The van der Waals surface area contributed by atoms with Gasteiger partial charge in [0.15, 0.2) is 0 Å². The van der Waals surface area contributed by atoms with Crippen LogP contribution >= 0.6 is 0 Å². The van der Waals surface area contributed by atoms with Crippen molar-refractivity contribution in [1.29, 1.82) is 5.26 Å². The first kappa shape index (κ1) is 13.5. The van der Waals surface area contributed by atoms with Crippen molar-refractivity contribution in [3.05, 3.63) is 0 Å². The molecule has 0 aromatic carbocycles. The summed E-state index contributed by atoms with van der Waals surface area (Å²) in [5.74, 6) is 1.06. The van der Waals surface area contributed by atoms with Gasteiger partial charge in [-0.25, -0.2) is 8.42 Å². The molecular weight excluding hydrogens is 222 g/mol. The van der Waals surface area contributed by atoms with E-state index in [0.29, 0.717) is 12.3 Å². The monoisotopic (exact) mass is 243 g/mol. The van der Waals surface area contributed by atoms with E-state index in [4.69, 9.17) is 0 Å². The van der Waals surface area contributed by atoms with Gasteiger partial charge in [-0.05, 0) is 38.0 Å². The van der Waals surface area contributed by atoms with Crippen molar-refractivity contribution in [2.45, 2.75) is 46.0 Å². The quantitative estimate of drug-likeness (QED) is 0.745. The van der Waals surface area contributed by atoms with Crippen LogP contribution in [0.5, 0.6) is 0 Å². The van der Waals surface area contributed by atoms with Gasteiger partial charge in [0.2, 0.25) is 0 Å². The van der Waals surface area contributed by atoms with Crippen molar-refractivity contribution in [2.24, 2.45) is 11.3 Å². The Kier molecular flexibility index (Phi) is 4.37. The molecule has 2 atom stereocenters. The standard InChI is InChI=1S/C12H21NO2S/c1-3-16(14,15)8-4-6-12(10-13)7-5-11(2)9-12/h11H,3-9H2,1-2H3. The molecule has 1 aliphatic rings. The van der Waals surface area contributed by atoms with E-state index in [2.05, 4.69) is 13.0 Å². The summed E-state index contributed by atoms with van der Waals surface area (Å²) in [5, 5.41) is 9.22. The third kappa shape index (κ3) is 3.48. The van der Waals surface area contributed by atoms with Crippen LogP contribution in [0.1, 0.15) is 46.0 Å². The molecule has 0 aromatic rings. The zero-order chi connectivity index (χ0) is 12.2. The molecule has 0 heterocycles. The third-order valence-corrected chi connectivity index (χ3v) is 5.43. The highest BCUT2D eigenvalue weighted by Crippen LogP contribution is 2.44. The van der Waals surface area contributed by atoms with Gasteiger partial charge in [-0.1, -0.05) is 13.8 Å². The topological polar surface area (TPSA) is 57.9 Å². The van der Waals surface area contributed by atoms with Crippen molar-refractivity contribution in [3.8, 4) is 6.07 Å². The van der Waals surface area contributed by atoms with Crippen molar-refractivity contribution in [1.82, 2.24) is 0 Å². The Balaban J connectivity index is 2.46. The predicted octanol–water partition coefficient (Wildman–Crippen LogP) is 2.53. The molecule has 0 amide bonds. The molecule has 3 nitrogen and oxygen atoms in total. The lowest BCUT2D eigenvalue weighted by molar-refractivity contribution is 0.359. The van der Waals surface area contributed by atoms with E-state index >= 15 is 0 Å². The van der Waals surface area contributed by atoms with E-state index < -0.39 is 9.84 Å². The highest BCUT2D eigenvalue weighted by atomic mass is 32.2. The van der Waals surface area contributed by atoms with Gasteiger partial charge in [0, 0.05) is 5.75 Å². The van der Waals surface area contributed by atoms with Crippen LogP contribution in [0.4, 0.5) is 0 Å². The Bertz CT molecular complexity index is 369. The van der Waals surface area contributed by atoms with Crippen LogP contribution in [0.25, 0.3) is 0 Å². The van der Waals surface area contributed by atoms with Gasteiger partial charge in [-0.15, -0.1) is 0 Å². The van der Waals surface area contributed by atoms with Gasteiger partial charge in [0.25, 0.3) is 0 Å². The maximum atomic E-state index is 11.3. The van der Waals surface area contributed by atoms with Gasteiger partial charge in [0.05, 0.1) is 17.2 Å². The first-order valence-corrected chi connectivity index (χ1v) is 7.87. The molecule has 1 aliphatic carbocycles. The summed E-state index contributed by atoms with van der Waals surface area (Å²) in [6.07, 6.45) is 4.37. The van der Waals surface area contributed by atoms with Gasteiger partial charge in [-0.3, -0.25) is 0 Å². The second-order valence-electron chi connectivity index (χ2n) is 5.08. The van der Waals surface area contributed by atoms with E-state index in [9.17, 15) is 13.7 Å². The number of nitriles is 1. The molecule has 1 saturated carbocycles. The molecule has 0 spiro atoms. The summed E-state index contributed by atoms with van der Waals surface area (Å²) in [7, 11) is -2.87. The fourth-order valence-corrected chi connectivity index (χ4v) is 3.43. The first-order valence-electron chi connectivity index (χ1n) is 6.05. The second-order valence-corrected chi connectivity index (χ2v) is 7.55. The number of sulfone groups is 1. The van der Waals surface area contributed by atoms with Crippen LogP contribution in [0.3, 0.4) is 0 Å². The molecule has 92 valence electrons. The van der Waals surface area contributed by atoms with Gasteiger partial charge in [-0.2, -0.15) is 5.26 Å². The van der Waals surface area contributed by atoms with E-state index in [1.807, 2.05) is 0 Å². The van der Waals surface area contributed by atoms with Crippen LogP contribution in [0.2, 0.25) is 0 Å². The van der Waals surface area contributed by atoms with Crippen molar-refractivity contribution in [3.63, 3.8) is 0 Å². The minimum atomic E-state index is -2.87. The maximum absolute atomic E-state index is 11.3. The summed E-state index contributed by atoms with van der Waals surface area (Å²) in [4.78, 5) is 0. The number of hydrogen-bond acceptors (Lipinski definition) is 3. The van der Waals surface area contributed by atoms with Crippen molar-refractivity contribution >= 4 is 9.84 Å². The summed E-state index contributed by atoms with van der Waals surface area (Å²) >= 11 is 0. The van der Waals surface area contributed by atoms with Gasteiger partial charge >= 0.3 is 0 Å². The summed E-state index contributed by atoms with van der Waals surface area (Å²) in [5.41, 5.74) is -0.233. The average molecular weight is 243 g/mol. The minimum Gasteiger partial charge on any atom is -0.229 e. The van der Waals surface area contributed by atoms with E-state index in [1.54, 1.807) is 6.92 Å². The molecule has 1 fully saturated rings. The van der Waals surface area contributed by atoms with Crippen molar-refractivity contribution in [2.75, 3.05) is 11.5 Å². The molecule has 1 rings (SSSR count). The summed E-state index contributed by atoms with van der Waals surface area (Å²) in [6.45, 7) is 3.84. The second kappa shape index (κ2) is 5.18. The maximum Gasteiger partial charge on any atom is 0.150 e. The number of rotatable bonds is 5. The zero-order valence-corrected chi connectivity index (χ0v) is 11.0. The summed E-state index contributed by atoms with van der Waals surface area (Å²) < 4.78 is 22.7. The molecule has 0 saturated heterocycles. The third-order valence-electron chi connectivity index (χ3n) is 3.64. The average Bonchev–Trinajstić information content (AvgIpc) is 2.61. The Morgan fingerprint density at radius 2 is 2.19 bits per heavy atom. The van der Waals surface area contributed by atoms with E-state index in [0.717, 1.165) is 25.7 Å². The molecule has 2 unspecified atom stereocenters. The van der Waals surface area contributed by atoms with Crippen LogP contribution in [0.15, 0.2) is 0 Å². The van der Waals surface area contributed by atoms with Crippen LogP contribution in [-0.4, -0.2) is 19.9 Å². The zero-order valence-electron chi connectivity index (χ0n) is 10.2. The van der Waals surface area contributed by atoms with Gasteiger partial charge < -0.3 is 0 Å². The lowest BCUT2D eigenvalue weighted by Crippen LogP contribution is -2.17. The first-order chi connectivity index (χ1) is 7.43. The molecular formula is C12H21NO2S. The smallest absolute Gasteiger partial charge is 0.150 e. The Morgan fingerprint density at radius 3 is 2.62 bits per heavy atom. The molecule has 0 aromatic heterocycles. The van der Waals surface area contributed by atoms with E-state index in [1.165, 1.54) is 0 Å². The number of nitrogens with zero attached hydrogens (tertiary/aromatic N) is 1. The number of hydrogen-bond donors (Lipinski definition) is 0. The summed E-state index contributed by atoms with van der Waals surface area (Å²) in [6, 6.07) is 2.42. The Hall–Kier alpha value is -0.560. The molecule has 0 N–H and O–H groups in total. The largest absolute Gasteiger partial charge is 0.229 e. The van der Waals surface area contributed by atoms with Gasteiger partial charge in [0.1, 0.15) is 9.84 Å². The highest BCUT2D eigenvalue weighted by molar-refractivity contribution is 7.91. The van der Waals surface area contributed by atoms with E-state index in [-0.39, 0.29) is 16.9 Å². The Labute approximate surface area is 98.8 Å². The minimum absolute atomic E-state index is 0.211. The Morgan fingerprint density at radius 1 is 1.50 bits per heavy atom. The molecule has 16 heavy (non-hydrogen) atoms. The predicted molar refractivity (Wildman–Crippen MR) is 64.6 cm³/mol. The highest BCUT2D eigenvalue weighted by Gasteiger charge is 2.37. The fraction of sp³-hybridized carbons (Fsp3) is 0.917. The SMILES string of the molecule is CCS(=O)(=O)CCCC1(C#N)CCC(C)C1. The lowest BCUT2D eigenvalue weighted by Gasteiger charge is -2.20. The molecule has 0 aliphatic heterocycles.